The summed E-state index contributed by atoms with van der Waals surface area (Å²) in [5.74, 6) is 0.486. The van der Waals surface area contributed by atoms with Crippen LogP contribution in [0.25, 0.3) is 0 Å². The van der Waals surface area contributed by atoms with Gasteiger partial charge in [-0.3, -0.25) is 10.4 Å². The predicted octanol–water partition coefficient (Wildman–Crippen LogP) is 0.921. The zero-order valence-corrected chi connectivity index (χ0v) is 5.31. The van der Waals surface area contributed by atoms with Crippen LogP contribution in [0.1, 0.15) is 13.3 Å². The molecule has 0 spiro atoms. The van der Waals surface area contributed by atoms with Crippen LogP contribution in [-0.4, -0.2) is 24.6 Å². The normalized spacial score (nSPS) is 8.25. The minimum Gasteiger partial charge on any atom is -0.287 e. The summed E-state index contributed by atoms with van der Waals surface area (Å²) in [6.45, 7) is 5.17. The Morgan fingerprint density at radius 2 is 2.38 bits per heavy atom. The highest BCUT2D eigenvalue weighted by Gasteiger charge is 1.94. The van der Waals surface area contributed by atoms with Crippen molar-refractivity contribution in [3.05, 3.63) is 0 Å². The van der Waals surface area contributed by atoms with Crippen LogP contribution in [0.3, 0.4) is 0 Å². The molecule has 0 fully saturated rings. The van der Waals surface area contributed by atoms with Crippen molar-refractivity contribution in [2.24, 2.45) is 5.10 Å². The molecule has 0 radical (unpaired) electrons. The minimum atomic E-state index is 0.486. The molecular formula is C5H11N3. The quantitative estimate of drug-likeness (QED) is 0.323. The van der Waals surface area contributed by atoms with Crippen LogP contribution < -0.4 is 0 Å². The highest BCUT2D eigenvalue weighted by molar-refractivity contribution is 5.78. The molecule has 0 aromatic carbocycles. The standard InChI is InChI=1S/C5H11N3/c1-4-5(6)8(3)7-2/h6H,2,4H2,1,3H3. The molecule has 0 atom stereocenters. The van der Waals surface area contributed by atoms with Gasteiger partial charge in [0.25, 0.3) is 0 Å². The van der Waals surface area contributed by atoms with E-state index < -0.39 is 0 Å². The smallest absolute Gasteiger partial charge is 0.116 e. The summed E-state index contributed by atoms with van der Waals surface area (Å²) in [4.78, 5) is 0. The fourth-order valence-electron chi connectivity index (χ4n) is 0.314. The Balaban J connectivity index is 3.62. The van der Waals surface area contributed by atoms with E-state index in [1.807, 2.05) is 6.92 Å². The molecule has 0 aliphatic heterocycles. The van der Waals surface area contributed by atoms with Gasteiger partial charge < -0.3 is 0 Å². The monoisotopic (exact) mass is 113 g/mol. The van der Waals surface area contributed by atoms with Gasteiger partial charge in [0.05, 0.1) is 0 Å². The maximum atomic E-state index is 7.14. The fourth-order valence-corrected chi connectivity index (χ4v) is 0.314. The Morgan fingerprint density at radius 1 is 1.88 bits per heavy atom. The third-order valence-electron chi connectivity index (χ3n) is 0.938. The third-order valence-corrected chi connectivity index (χ3v) is 0.938. The van der Waals surface area contributed by atoms with Gasteiger partial charge in [0.1, 0.15) is 5.84 Å². The van der Waals surface area contributed by atoms with Crippen LogP contribution in [0, 0.1) is 5.41 Å². The molecule has 8 heavy (non-hydrogen) atoms. The molecule has 0 saturated heterocycles. The first-order valence-corrected chi connectivity index (χ1v) is 2.50. The van der Waals surface area contributed by atoms with Crippen molar-refractivity contribution in [1.29, 1.82) is 5.41 Å². The van der Waals surface area contributed by atoms with E-state index in [0.29, 0.717) is 12.3 Å². The van der Waals surface area contributed by atoms with E-state index in [9.17, 15) is 0 Å². The minimum absolute atomic E-state index is 0.486. The molecule has 0 aromatic rings. The SMILES string of the molecule is C=NN(C)C(=N)CC. The lowest BCUT2D eigenvalue weighted by Crippen LogP contribution is -2.17. The summed E-state index contributed by atoms with van der Waals surface area (Å²) in [5.41, 5.74) is 0. The molecule has 0 unspecified atom stereocenters. The fraction of sp³-hybridized carbons (Fsp3) is 0.600. The van der Waals surface area contributed by atoms with E-state index in [1.54, 1.807) is 7.05 Å². The second kappa shape index (κ2) is 3.18. The Bertz CT molecular complexity index is 97.8. The maximum Gasteiger partial charge on any atom is 0.116 e. The number of nitrogens with one attached hydrogen (secondary N) is 1. The molecule has 0 aromatic heterocycles. The zero-order valence-electron chi connectivity index (χ0n) is 5.31. The van der Waals surface area contributed by atoms with Gasteiger partial charge >= 0.3 is 0 Å². The molecule has 0 bridgehead atoms. The summed E-state index contributed by atoms with van der Waals surface area (Å²) in [6.07, 6.45) is 0.704. The summed E-state index contributed by atoms with van der Waals surface area (Å²) in [5, 5.41) is 12.1. The van der Waals surface area contributed by atoms with E-state index in [2.05, 4.69) is 11.8 Å². The van der Waals surface area contributed by atoms with Crippen molar-refractivity contribution < 1.29 is 0 Å². The molecule has 1 N–H and O–H groups in total. The molecular weight excluding hydrogens is 102 g/mol. The van der Waals surface area contributed by atoms with Gasteiger partial charge in [-0.2, -0.15) is 5.10 Å². The summed E-state index contributed by atoms with van der Waals surface area (Å²) >= 11 is 0. The lowest BCUT2D eigenvalue weighted by Gasteiger charge is -2.09. The van der Waals surface area contributed by atoms with Crippen molar-refractivity contribution in [3.8, 4) is 0 Å². The van der Waals surface area contributed by atoms with Gasteiger partial charge in [0, 0.05) is 20.2 Å². The summed E-state index contributed by atoms with van der Waals surface area (Å²) < 4.78 is 0. The summed E-state index contributed by atoms with van der Waals surface area (Å²) in [6, 6.07) is 0. The lowest BCUT2D eigenvalue weighted by atomic mass is 10.4. The van der Waals surface area contributed by atoms with Crippen molar-refractivity contribution in [1.82, 2.24) is 5.01 Å². The average molecular weight is 113 g/mol. The molecule has 3 heteroatoms. The highest BCUT2D eigenvalue weighted by Crippen LogP contribution is 1.87. The van der Waals surface area contributed by atoms with Gasteiger partial charge in [0.15, 0.2) is 0 Å². The number of rotatable bonds is 2. The molecule has 0 aliphatic rings. The van der Waals surface area contributed by atoms with Gasteiger partial charge in [-0.25, -0.2) is 0 Å². The van der Waals surface area contributed by atoms with Crippen molar-refractivity contribution in [3.63, 3.8) is 0 Å². The molecule has 0 aliphatic carbocycles. The summed E-state index contributed by atoms with van der Waals surface area (Å²) in [7, 11) is 1.71. The van der Waals surface area contributed by atoms with Gasteiger partial charge in [-0.05, 0) is 0 Å². The largest absolute Gasteiger partial charge is 0.287 e. The first kappa shape index (κ1) is 7.14. The third kappa shape index (κ3) is 1.73. The molecule has 0 saturated carbocycles. The van der Waals surface area contributed by atoms with Crippen molar-refractivity contribution in [2.45, 2.75) is 13.3 Å². The first-order chi connectivity index (χ1) is 3.72. The van der Waals surface area contributed by atoms with E-state index >= 15 is 0 Å². The van der Waals surface area contributed by atoms with E-state index in [0.717, 1.165) is 0 Å². The van der Waals surface area contributed by atoms with Crippen LogP contribution in [0.4, 0.5) is 0 Å². The Morgan fingerprint density at radius 3 is 2.50 bits per heavy atom. The van der Waals surface area contributed by atoms with Crippen LogP contribution in [0.2, 0.25) is 0 Å². The zero-order chi connectivity index (χ0) is 6.57. The number of amidine groups is 1. The van der Waals surface area contributed by atoms with Crippen molar-refractivity contribution in [2.75, 3.05) is 7.05 Å². The second-order valence-electron chi connectivity index (χ2n) is 1.47. The lowest BCUT2D eigenvalue weighted by molar-refractivity contribution is 0.533. The molecule has 46 valence electrons. The van der Waals surface area contributed by atoms with E-state index in [1.165, 1.54) is 5.01 Å². The molecule has 0 rings (SSSR count). The number of nitrogens with zero attached hydrogens (tertiary/aromatic N) is 2. The Labute approximate surface area is 49.5 Å². The van der Waals surface area contributed by atoms with Gasteiger partial charge in [-0.1, -0.05) is 6.92 Å². The highest BCUT2D eigenvalue weighted by atomic mass is 15.4. The van der Waals surface area contributed by atoms with Crippen LogP contribution >= 0.6 is 0 Å². The second-order valence-corrected chi connectivity index (χ2v) is 1.47. The molecule has 0 amide bonds. The topological polar surface area (TPSA) is 39.5 Å². The number of hydrogen-bond donors (Lipinski definition) is 1. The Hall–Kier alpha value is -0.860. The molecule has 0 heterocycles. The van der Waals surface area contributed by atoms with E-state index in [-0.39, 0.29) is 0 Å². The van der Waals surface area contributed by atoms with Crippen LogP contribution in [0.5, 0.6) is 0 Å². The van der Waals surface area contributed by atoms with Gasteiger partial charge in [0.2, 0.25) is 0 Å². The van der Waals surface area contributed by atoms with Crippen LogP contribution in [0.15, 0.2) is 5.10 Å². The Kier molecular flexibility index (Phi) is 2.84. The van der Waals surface area contributed by atoms with E-state index in [4.69, 9.17) is 5.41 Å². The predicted molar refractivity (Wildman–Crippen MR) is 35.3 cm³/mol. The van der Waals surface area contributed by atoms with Crippen molar-refractivity contribution >= 4 is 12.6 Å². The average Bonchev–Trinajstić information content (AvgIpc) is 1.84. The maximum absolute atomic E-state index is 7.14. The number of hydrazone groups is 1. The van der Waals surface area contributed by atoms with Gasteiger partial charge in [-0.15, -0.1) is 0 Å². The molecule has 3 nitrogen and oxygen atoms in total. The first-order valence-electron chi connectivity index (χ1n) is 2.50. The van der Waals surface area contributed by atoms with Crippen LogP contribution in [-0.2, 0) is 0 Å². The number of hydrogen-bond acceptors (Lipinski definition) is 2.